The maximum Gasteiger partial charge on any atom is 0.416 e. The van der Waals surface area contributed by atoms with Crippen molar-refractivity contribution in [3.8, 4) is 17.2 Å². The summed E-state index contributed by atoms with van der Waals surface area (Å²) in [6.45, 7) is 1.46. The van der Waals surface area contributed by atoms with Gasteiger partial charge in [-0.05, 0) is 25.6 Å². The number of benzene rings is 1. The minimum absolute atomic E-state index is 0.122. The third kappa shape index (κ3) is 5.15. The molecule has 0 bridgehead atoms. The van der Waals surface area contributed by atoms with Crippen molar-refractivity contribution >= 4 is 45.7 Å². The van der Waals surface area contributed by atoms with Crippen molar-refractivity contribution in [2.75, 3.05) is 37.8 Å². The fourth-order valence-electron chi connectivity index (χ4n) is 4.80. The van der Waals surface area contributed by atoms with Crippen LogP contribution in [0.4, 0.5) is 30.6 Å². The summed E-state index contributed by atoms with van der Waals surface area (Å²) in [4.78, 5) is 15.2. The van der Waals surface area contributed by atoms with Crippen molar-refractivity contribution in [2.45, 2.75) is 18.7 Å². The van der Waals surface area contributed by atoms with Gasteiger partial charge in [-0.15, -0.1) is 0 Å². The number of alkyl halides is 3. The Morgan fingerprint density at radius 3 is 2.63 bits per heavy atom. The highest BCUT2D eigenvalue weighted by atomic mass is 35.5. The average molecular weight is 588 g/mol. The van der Waals surface area contributed by atoms with Crippen LogP contribution in [0.3, 0.4) is 0 Å². The first-order valence-corrected chi connectivity index (χ1v) is 13.0. The molecule has 6 rings (SSSR count). The number of nitrogens with one attached hydrogen (secondary N) is 2. The number of aromatic nitrogens is 6. The lowest BCUT2D eigenvalue weighted by molar-refractivity contribution is -0.137. The first-order chi connectivity index (χ1) is 19.6. The standard InChI is InChI=1S/C26H25ClF3N9O2/c1-31-23-21-19(12-34-39(21)7-5-32-23)41-18-11-33-24-22(20(18)27)38(3)25(36-24)35-15-8-14(26(28,29)30)9-17(10-15)40-16-4-6-37(2)13-16/h5,7-12,16H,4,6,13H2,1-3H3,(H,31,32)(H,33,35,36). The quantitative estimate of drug-likeness (QED) is 0.261. The maximum absolute atomic E-state index is 13.7. The Bertz CT molecular complexity index is 1750. The van der Waals surface area contributed by atoms with Crippen LogP contribution in [0.5, 0.6) is 17.2 Å². The molecule has 2 N–H and O–H groups in total. The van der Waals surface area contributed by atoms with Crippen molar-refractivity contribution in [1.29, 1.82) is 0 Å². The van der Waals surface area contributed by atoms with E-state index in [1.807, 2.05) is 7.05 Å². The zero-order valence-electron chi connectivity index (χ0n) is 22.2. The van der Waals surface area contributed by atoms with Crippen molar-refractivity contribution in [2.24, 2.45) is 7.05 Å². The molecule has 1 fully saturated rings. The molecule has 1 unspecified atom stereocenters. The van der Waals surface area contributed by atoms with Crippen LogP contribution in [-0.2, 0) is 13.2 Å². The molecule has 5 aromatic rings. The number of rotatable bonds is 7. The molecule has 1 saturated heterocycles. The molecule has 214 valence electrons. The van der Waals surface area contributed by atoms with Gasteiger partial charge in [0.25, 0.3) is 0 Å². The van der Waals surface area contributed by atoms with E-state index in [-0.39, 0.29) is 39.9 Å². The highest BCUT2D eigenvalue weighted by molar-refractivity contribution is 6.36. The zero-order valence-corrected chi connectivity index (χ0v) is 23.0. The van der Waals surface area contributed by atoms with E-state index in [0.717, 1.165) is 25.1 Å². The lowest BCUT2D eigenvalue weighted by Gasteiger charge is -2.17. The van der Waals surface area contributed by atoms with Crippen LogP contribution < -0.4 is 20.1 Å². The molecule has 1 aliphatic rings. The van der Waals surface area contributed by atoms with Gasteiger partial charge in [0.05, 0.1) is 18.0 Å². The second kappa shape index (κ2) is 10.3. The SMILES string of the molecule is CNc1nccn2ncc(Oc3cnc4nc(Nc5cc(OC6CCN(C)C6)cc(C(F)(F)F)c5)n(C)c4c3Cl)c12. The largest absolute Gasteiger partial charge is 0.489 e. The van der Waals surface area contributed by atoms with Gasteiger partial charge in [-0.1, -0.05) is 11.6 Å². The van der Waals surface area contributed by atoms with Crippen LogP contribution in [0.25, 0.3) is 16.7 Å². The summed E-state index contributed by atoms with van der Waals surface area (Å²) in [6.07, 6.45) is 2.22. The molecule has 1 atom stereocenters. The maximum atomic E-state index is 13.7. The summed E-state index contributed by atoms with van der Waals surface area (Å²) in [6, 6.07) is 3.54. The Hall–Kier alpha value is -4.30. The van der Waals surface area contributed by atoms with E-state index in [0.29, 0.717) is 29.1 Å². The summed E-state index contributed by atoms with van der Waals surface area (Å²) in [5.41, 5.74) is 0.629. The van der Waals surface area contributed by atoms with E-state index in [1.165, 1.54) is 18.5 Å². The summed E-state index contributed by atoms with van der Waals surface area (Å²) in [7, 11) is 5.35. The first-order valence-electron chi connectivity index (χ1n) is 12.6. The second-order valence-corrected chi connectivity index (χ2v) is 10.1. The third-order valence-corrected chi connectivity index (χ3v) is 7.17. The number of ether oxygens (including phenoxy) is 2. The Morgan fingerprint density at radius 1 is 1.07 bits per heavy atom. The minimum atomic E-state index is -4.56. The lowest BCUT2D eigenvalue weighted by atomic mass is 10.1. The zero-order chi connectivity index (χ0) is 28.9. The smallest absolute Gasteiger partial charge is 0.416 e. The fraction of sp³-hybridized carbons (Fsp3) is 0.308. The number of likely N-dealkylation sites (tertiary alicyclic amines) is 1. The fourth-order valence-corrected chi connectivity index (χ4v) is 5.10. The van der Waals surface area contributed by atoms with Gasteiger partial charge in [0.2, 0.25) is 5.95 Å². The van der Waals surface area contributed by atoms with Crippen LogP contribution in [0.15, 0.2) is 43.0 Å². The van der Waals surface area contributed by atoms with Crippen molar-refractivity contribution in [3.63, 3.8) is 0 Å². The Labute approximate surface area is 236 Å². The topological polar surface area (TPSA) is 107 Å². The number of fused-ring (bicyclic) bond motifs is 2. The highest BCUT2D eigenvalue weighted by Crippen LogP contribution is 2.39. The Morgan fingerprint density at radius 2 is 1.90 bits per heavy atom. The number of hydrogen-bond donors (Lipinski definition) is 2. The second-order valence-electron chi connectivity index (χ2n) is 9.69. The summed E-state index contributed by atoms with van der Waals surface area (Å²) in [5.74, 6) is 1.55. The molecule has 0 spiro atoms. The van der Waals surface area contributed by atoms with E-state index in [1.54, 1.807) is 35.6 Å². The molecular formula is C26H25ClF3N9O2. The summed E-state index contributed by atoms with van der Waals surface area (Å²) >= 11 is 6.74. The molecule has 4 aromatic heterocycles. The number of halogens is 4. The van der Waals surface area contributed by atoms with Crippen molar-refractivity contribution in [3.05, 3.63) is 53.6 Å². The lowest BCUT2D eigenvalue weighted by Crippen LogP contribution is -2.21. The number of imidazole rings is 1. The van der Waals surface area contributed by atoms with Gasteiger partial charge in [0.15, 0.2) is 28.5 Å². The van der Waals surface area contributed by atoms with Crippen LogP contribution in [0, 0.1) is 0 Å². The van der Waals surface area contributed by atoms with Gasteiger partial charge < -0.3 is 29.6 Å². The third-order valence-electron chi connectivity index (χ3n) is 6.80. The molecule has 1 aliphatic heterocycles. The molecule has 0 aliphatic carbocycles. The molecule has 0 radical (unpaired) electrons. The van der Waals surface area contributed by atoms with Gasteiger partial charge in [-0.2, -0.15) is 23.3 Å². The molecule has 0 amide bonds. The van der Waals surface area contributed by atoms with E-state index in [4.69, 9.17) is 21.1 Å². The molecule has 0 saturated carbocycles. The predicted octanol–water partition coefficient (Wildman–Crippen LogP) is 5.34. The number of likely N-dealkylation sites (N-methyl/N-ethyl adjacent to an activating group) is 1. The molecule has 41 heavy (non-hydrogen) atoms. The van der Waals surface area contributed by atoms with E-state index in [9.17, 15) is 13.2 Å². The van der Waals surface area contributed by atoms with E-state index < -0.39 is 11.7 Å². The Balaban J connectivity index is 1.32. The molecule has 1 aromatic carbocycles. The van der Waals surface area contributed by atoms with Gasteiger partial charge in [-0.3, -0.25) is 0 Å². The Kier molecular flexibility index (Phi) is 6.74. The number of hydrogen-bond acceptors (Lipinski definition) is 9. The number of aryl methyl sites for hydroxylation is 1. The molecule has 15 heteroatoms. The van der Waals surface area contributed by atoms with Crippen LogP contribution in [0.2, 0.25) is 5.02 Å². The van der Waals surface area contributed by atoms with Crippen LogP contribution in [-0.4, -0.2) is 67.3 Å². The number of pyridine rings is 1. The van der Waals surface area contributed by atoms with E-state index in [2.05, 4.69) is 35.6 Å². The molecule has 11 nitrogen and oxygen atoms in total. The normalized spacial score (nSPS) is 16.0. The first kappa shape index (κ1) is 26.9. The van der Waals surface area contributed by atoms with E-state index >= 15 is 0 Å². The minimum Gasteiger partial charge on any atom is -0.489 e. The van der Waals surface area contributed by atoms with Gasteiger partial charge in [-0.25, -0.2) is 14.5 Å². The molecular weight excluding hydrogens is 563 g/mol. The van der Waals surface area contributed by atoms with Gasteiger partial charge >= 0.3 is 6.18 Å². The summed E-state index contributed by atoms with van der Waals surface area (Å²) < 4.78 is 56.4. The number of anilines is 3. The van der Waals surface area contributed by atoms with Crippen molar-refractivity contribution < 1.29 is 22.6 Å². The van der Waals surface area contributed by atoms with Crippen molar-refractivity contribution in [1.82, 2.24) is 34.0 Å². The van der Waals surface area contributed by atoms with Crippen LogP contribution >= 0.6 is 11.6 Å². The molecule has 5 heterocycles. The average Bonchev–Trinajstić information content (AvgIpc) is 3.62. The predicted molar refractivity (Wildman–Crippen MR) is 147 cm³/mol. The highest BCUT2D eigenvalue weighted by Gasteiger charge is 2.32. The van der Waals surface area contributed by atoms with Gasteiger partial charge in [0.1, 0.15) is 22.4 Å². The number of nitrogens with zero attached hydrogens (tertiary/aromatic N) is 7. The monoisotopic (exact) mass is 587 g/mol. The van der Waals surface area contributed by atoms with Gasteiger partial charge in [0, 0.05) is 51.3 Å². The van der Waals surface area contributed by atoms with Crippen LogP contribution in [0.1, 0.15) is 12.0 Å². The summed E-state index contributed by atoms with van der Waals surface area (Å²) in [5, 5.41) is 10.5.